The molecule has 0 aromatic carbocycles. The average molecular weight is 486 g/mol. The smallest absolute Gasteiger partial charge is 0.352 e. The van der Waals surface area contributed by atoms with Crippen molar-refractivity contribution in [2.45, 2.75) is 18.0 Å². The minimum atomic E-state index is -1.23. The summed E-state index contributed by atoms with van der Waals surface area (Å²) in [5, 5.41) is 15.6. The summed E-state index contributed by atoms with van der Waals surface area (Å²) in [7, 11) is 1.27. The highest BCUT2D eigenvalue weighted by molar-refractivity contribution is 8.00. The number of anilines is 2. The first-order chi connectivity index (χ1) is 16.3. The second-order valence-electron chi connectivity index (χ2n) is 7.34. The van der Waals surface area contributed by atoms with E-state index in [0.717, 1.165) is 0 Å². The van der Waals surface area contributed by atoms with Gasteiger partial charge in [-0.1, -0.05) is 11.2 Å². The number of pyridine rings is 1. The Bertz CT molecular complexity index is 1230. The van der Waals surface area contributed by atoms with Crippen molar-refractivity contribution in [1.29, 1.82) is 0 Å². The van der Waals surface area contributed by atoms with Crippen LogP contribution >= 0.6 is 11.8 Å². The number of nitrogens with zero attached hydrogens (tertiary/aromatic N) is 5. The van der Waals surface area contributed by atoms with E-state index in [2.05, 4.69) is 20.4 Å². The van der Waals surface area contributed by atoms with E-state index in [4.69, 9.17) is 16.3 Å². The van der Waals surface area contributed by atoms with Crippen LogP contribution in [0.3, 0.4) is 0 Å². The van der Waals surface area contributed by atoms with Crippen LogP contribution in [0.5, 0.6) is 0 Å². The van der Waals surface area contributed by atoms with Crippen molar-refractivity contribution in [2.24, 2.45) is 5.16 Å². The van der Waals surface area contributed by atoms with Crippen LogP contribution in [0.25, 0.3) is 0 Å². The summed E-state index contributed by atoms with van der Waals surface area (Å²) in [4.78, 5) is 51.8. The van der Waals surface area contributed by atoms with Gasteiger partial charge in [0.05, 0.1) is 6.20 Å². The van der Waals surface area contributed by atoms with Crippen molar-refractivity contribution in [1.82, 2.24) is 20.2 Å². The first-order valence-electron chi connectivity index (χ1n) is 9.95. The number of oxime groups is 1. The van der Waals surface area contributed by atoms with Crippen molar-refractivity contribution in [3.05, 3.63) is 53.8 Å². The molecule has 4 heterocycles. The van der Waals surface area contributed by atoms with Crippen LogP contribution in [0, 0.1) is 0 Å². The molecule has 2 amide bonds. The molecular formula is C20H21N8O5S+. The Morgan fingerprint density at radius 3 is 2.85 bits per heavy atom. The van der Waals surface area contributed by atoms with Gasteiger partial charge >= 0.3 is 5.97 Å². The number of nitrogens with one attached hydrogen (secondary N) is 1. The summed E-state index contributed by atoms with van der Waals surface area (Å²) in [6.45, 7) is 0.223. The van der Waals surface area contributed by atoms with E-state index in [1.165, 1.54) is 36.0 Å². The molecule has 0 saturated carbocycles. The lowest BCUT2D eigenvalue weighted by Crippen LogP contribution is -2.71. The van der Waals surface area contributed by atoms with Gasteiger partial charge in [-0.15, -0.1) is 11.8 Å². The number of thioether (sulfide) groups is 1. The van der Waals surface area contributed by atoms with Gasteiger partial charge < -0.3 is 26.7 Å². The zero-order valence-corrected chi connectivity index (χ0v) is 18.7. The number of carbonyl (C=O) groups excluding carboxylic acids is 2. The first-order valence-corrected chi connectivity index (χ1v) is 11.0. The second kappa shape index (κ2) is 9.35. The molecule has 14 heteroatoms. The Labute approximate surface area is 197 Å². The highest BCUT2D eigenvalue weighted by Crippen LogP contribution is 2.40. The summed E-state index contributed by atoms with van der Waals surface area (Å²) in [6.07, 6.45) is 4.73. The molecule has 6 N–H and O–H groups in total. The molecular weight excluding hydrogens is 464 g/mol. The fourth-order valence-electron chi connectivity index (χ4n) is 3.66. The number of fused-ring (bicyclic) bond motifs is 1. The van der Waals surface area contributed by atoms with Gasteiger partial charge in [0, 0.05) is 11.3 Å². The van der Waals surface area contributed by atoms with Gasteiger partial charge in [0.1, 0.15) is 35.7 Å². The van der Waals surface area contributed by atoms with Crippen LogP contribution in [-0.4, -0.2) is 67.7 Å². The normalized spacial score (nSPS) is 19.9. The third-order valence-electron chi connectivity index (χ3n) is 5.10. The molecule has 0 bridgehead atoms. The highest BCUT2D eigenvalue weighted by Gasteiger charge is 2.54. The summed E-state index contributed by atoms with van der Waals surface area (Å²) in [5.41, 5.74) is 11.8. The lowest BCUT2D eigenvalue weighted by Gasteiger charge is -2.49. The molecule has 2 aromatic rings. The van der Waals surface area contributed by atoms with Gasteiger partial charge in [-0.25, -0.2) is 14.8 Å². The molecule has 13 nitrogen and oxygen atoms in total. The Kier molecular flexibility index (Phi) is 6.32. The number of amides is 2. The molecule has 34 heavy (non-hydrogen) atoms. The quantitative estimate of drug-likeness (QED) is 0.159. The van der Waals surface area contributed by atoms with Crippen molar-refractivity contribution < 1.29 is 28.9 Å². The number of nitrogen functional groups attached to an aromatic ring is 2. The van der Waals surface area contributed by atoms with Crippen molar-refractivity contribution in [2.75, 3.05) is 24.3 Å². The molecule has 0 radical (unpaired) electrons. The maximum atomic E-state index is 12.9. The molecule has 2 atom stereocenters. The zero-order valence-electron chi connectivity index (χ0n) is 17.9. The third-order valence-corrected chi connectivity index (χ3v) is 6.44. The van der Waals surface area contributed by atoms with Gasteiger partial charge in [-0.3, -0.25) is 14.5 Å². The maximum absolute atomic E-state index is 12.9. The van der Waals surface area contributed by atoms with Crippen molar-refractivity contribution in [3.63, 3.8) is 0 Å². The van der Waals surface area contributed by atoms with Gasteiger partial charge in [-0.2, -0.15) is 4.57 Å². The number of aromatic nitrogens is 3. The Morgan fingerprint density at radius 2 is 2.18 bits per heavy atom. The van der Waals surface area contributed by atoms with Crippen LogP contribution in [-0.2, 0) is 25.8 Å². The number of rotatable bonds is 7. The SMILES string of the molecule is CON=C(C(=O)NC1C(=O)N2C(C(=O)O)=C(C[n+]3ccnc(N)c3)CS[C@@H]12)c1cccc(N)n1. The molecule has 1 unspecified atom stereocenters. The van der Waals surface area contributed by atoms with E-state index >= 15 is 0 Å². The maximum Gasteiger partial charge on any atom is 0.352 e. The van der Waals surface area contributed by atoms with E-state index in [1.807, 2.05) is 0 Å². The van der Waals surface area contributed by atoms with Crippen LogP contribution < -0.4 is 21.4 Å². The summed E-state index contributed by atoms with van der Waals surface area (Å²) >= 11 is 1.35. The third kappa shape index (κ3) is 4.34. The fourth-order valence-corrected chi connectivity index (χ4v) is 5.00. The number of hydrogen-bond acceptors (Lipinski definition) is 10. The standard InChI is InChI=1S/C20H20N8O5S/c1-33-26-14(11-3-2-4-12(21)24-11)17(29)25-15-18(30)28-16(20(31)32)10(9-34-19(15)28)7-27-6-5-23-13(22)8-27/h2-6,8,15,19H,7,9H2,1H3,(H5-,21,22,23,24,25,29,31,32)/p+1/t15?,19-/m0/s1. The lowest BCUT2D eigenvalue weighted by atomic mass is 10.0. The summed E-state index contributed by atoms with van der Waals surface area (Å²) < 4.78 is 1.69. The van der Waals surface area contributed by atoms with Crippen molar-refractivity contribution in [3.8, 4) is 0 Å². The van der Waals surface area contributed by atoms with Crippen LogP contribution in [0.15, 0.2) is 53.2 Å². The number of aliphatic carboxylic acids is 1. The summed E-state index contributed by atoms with van der Waals surface area (Å²) in [5.74, 6) is -1.67. The Balaban J connectivity index is 1.54. The second-order valence-corrected chi connectivity index (χ2v) is 8.45. The van der Waals surface area contributed by atoms with Gasteiger partial charge in [0.2, 0.25) is 6.20 Å². The number of carboxylic acids is 1. The molecule has 2 aromatic heterocycles. The average Bonchev–Trinajstić information content (AvgIpc) is 2.80. The van der Waals surface area contributed by atoms with E-state index in [9.17, 15) is 19.5 Å². The van der Waals surface area contributed by atoms with E-state index in [1.54, 1.807) is 29.1 Å². The topological polar surface area (TPSA) is 190 Å². The number of nitrogens with two attached hydrogens (primary N) is 2. The van der Waals surface area contributed by atoms with Crippen LogP contribution in [0.1, 0.15) is 5.69 Å². The van der Waals surface area contributed by atoms with Gasteiger partial charge in [0.25, 0.3) is 11.8 Å². The number of carbonyl (C=O) groups is 3. The van der Waals surface area contributed by atoms with Gasteiger partial charge in [-0.05, 0) is 12.1 Å². The molecule has 2 aliphatic heterocycles. The van der Waals surface area contributed by atoms with Crippen LogP contribution in [0.2, 0.25) is 0 Å². The molecule has 176 valence electrons. The predicted octanol–water partition coefficient (Wildman–Crippen LogP) is -1.28. The summed E-state index contributed by atoms with van der Waals surface area (Å²) in [6, 6.07) is 3.73. The Hall–Kier alpha value is -4.20. The molecule has 0 spiro atoms. The number of hydrogen-bond donors (Lipinski definition) is 4. The number of β-lactam (4-membered cyclic amide) rings is 1. The molecule has 1 saturated heterocycles. The molecule has 1 fully saturated rings. The largest absolute Gasteiger partial charge is 0.477 e. The first kappa shape index (κ1) is 23.0. The van der Waals surface area contributed by atoms with E-state index in [0.29, 0.717) is 11.3 Å². The Morgan fingerprint density at radius 1 is 1.38 bits per heavy atom. The lowest BCUT2D eigenvalue weighted by molar-refractivity contribution is -0.688. The zero-order chi connectivity index (χ0) is 24.4. The predicted molar refractivity (Wildman–Crippen MR) is 121 cm³/mol. The minimum Gasteiger partial charge on any atom is -0.477 e. The molecule has 0 aliphatic carbocycles. The van der Waals surface area contributed by atoms with E-state index in [-0.39, 0.29) is 35.3 Å². The number of carboxylic acid groups (broad SMARTS) is 1. The fraction of sp³-hybridized carbons (Fsp3) is 0.250. The monoisotopic (exact) mass is 485 g/mol. The minimum absolute atomic E-state index is 0.106. The van der Waals surface area contributed by atoms with Crippen LogP contribution in [0.4, 0.5) is 11.6 Å². The molecule has 2 aliphatic rings. The van der Waals surface area contributed by atoms with E-state index < -0.39 is 29.2 Å². The highest BCUT2D eigenvalue weighted by atomic mass is 32.2. The van der Waals surface area contributed by atoms with Crippen molar-refractivity contribution >= 4 is 46.9 Å². The van der Waals surface area contributed by atoms with Gasteiger partial charge in [0.15, 0.2) is 24.3 Å². The molecule has 4 rings (SSSR count).